The zero-order chi connectivity index (χ0) is 11.8. The molecule has 0 spiro atoms. The molecule has 0 saturated carbocycles. The van der Waals surface area contributed by atoms with Crippen molar-refractivity contribution >= 4 is 0 Å². The molecule has 0 aromatic carbocycles. The Hall–Kier alpha value is -0.930. The van der Waals surface area contributed by atoms with Crippen LogP contribution in [0.25, 0.3) is 0 Å². The Kier molecular flexibility index (Phi) is 6.04. The lowest BCUT2D eigenvalue weighted by molar-refractivity contribution is 0.309. The van der Waals surface area contributed by atoms with Gasteiger partial charge in [0, 0.05) is 24.9 Å². The summed E-state index contributed by atoms with van der Waals surface area (Å²) in [6, 6.07) is 6.07. The summed E-state index contributed by atoms with van der Waals surface area (Å²) in [7, 11) is 2.16. The maximum absolute atomic E-state index is 5.59. The summed E-state index contributed by atoms with van der Waals surface area (Å²) in [5.74, 6) is 0.623. The summed E-state index contributed by atoms with van der Waals surface area (Å²) >= 11 is 0. The van der Waals surface area contributed by atoms with Crippen molar-refractivity contribution in [2.45, 2.75) is 19.8 Å². The third-order valence-electron chi connectivity index (χ3n) is 2.88. The fourth-order valence-corrected chi connectivity index (χ4v) is 1.52. The van der Waals surface area contributed by atoms with Gasteiger partial charge in [-0.3, -0.25) is 4.98 Å². The fourth-order valence-electron chi connectivity index (χ4n) is 1.52. The van der Waals surface area contributed by atoms with Crippen LogP contribution in [0, 0.1) is 5.92 Å². The molecule has 3 nitrogen and oxygen atoms in total. The highest BCUT2D eigenvalue weighted by molar-refractivity contribution is 5.03. The van der Waals surface area contributed by atoms with Crippen LogP contribution in [0.3, 0.4) is 0 Å². The fraction of sp³-hybridized carbons (Fsp3) is 0.615. The first kappa shape index (κ1) is 13.1. The van der Waals surface area contributed by atoms with Gasteiger partial charge in [-0.25, -0.2) is 0 Å². The van der Waals surface area contributed by atoms with Gasteiger partial charge in [-0.2, -0.15) is 0 Å². The van der Waals surface area contributed by atoms with E-state index in [1.165, 1.54) is 12.1 Å². The van der Waals surface area contributed by atoms with E-state index in [0.29, 0.717) is 5.92 Å². The summed E-state index contributed by atoms with van der Waals surface area (Å²) in [6.07, 6.45) is 4.05. The topological polar surface area (TPSA) is 42.1 Å². The van der Waals surface area contributed by atoms with Crippen LogP contribution in [0.1, 0.15) is 19.0 Å². The second kappa shape index (κ2) is 7.36. The van der Waals surface area contributed by atoms with E-state index in [-0.39, 0.29) is 0 Å². The second-order valence-electron chi connectivity index (χ2n) is 4.50. The van der Waals surface area contributed by atoms with Crippen LogP contribution in [-0.4, -0.2) is 36.6 Å². The van der Waals surface area contributed by atoms with Crippen molar-refractivity contribution in [2.75, 3.05) is 26.7 Å². The SMILES string of the molecule is CC(CN)CCN(C)CCc1ccccn1. The number of hydrogen-bond acceptors (Lipinski definition) is 3. The van der Waals surface area contributed by atoms with Crippen molar-refractivity contribution in [2.24, 2.45) is 11.7 Å². The number of likely N-dealkylation sites (N-methyl/N-ethyl adjacent to an activating group) is 1. The Morgan fingerprint density at radius 2 is 2.19 bits per heavy atom. The highest BCUT2D eigenvalue weighted by Gasteiger charge is 2.03. The lowest BCUT2D eigenvalue weighted by Crippen LogP contribution is -2.25. The minimum atomic E-state index is 0.623. The van der Waals surface area contributed by atoms with E-state index in [1.807, 2.05) is 18.3 Å². The first-order valence-electron chi connectivity index (χ1n) is 6.01. The zero-order valence-electron chi connectivity index (χ0n) is 10.4. The lowest BCUT2D eigenvalue weighted by atomic mass is 10.1. The Bertz CT molecular complexity index is 274. The number of nitrogens with two attached hydrogens (primary N) is 1. The molecule has 16 heavy (non-hydrogen) atoms. The Labute approximate surface area is 98.7 Å². The predicted molar refractivity (Wildman–Crippen MR) is 68.3 cm³/mol. The molecule has 3 heteroatoms. The molecule has 1 atom stereocenters. The summed E-state index contributed by atoms with van der Waals surface area (Å²) in [4.78, 5) is 6.66. The predicted octanol–water partition coefficient (Wildman–Crippen LogP) is 1.54. The molecule has 0 aliphatic carbocycles. The van der Waals surface area contributed by atoms with E-state index in [9.17, 15) is 0 Å². The van der Waals surface area contributed by atoms with E-state index < -0.39 is 0 Å². The molecular formula is C13H23N3. The van der Waals surface area contributed by atoms with Crippen LogP contribution in [-0.2, 0) is 6.42 Å². The van der Waals surface area contributed by atoms with Gasteiger partial charge in [0.05, 0.1) is 0 Å². The molecule has 0 amide bonds. The number of hydrogen-bond donors (Lipinski definition) is 1. The number of rotatable bonds is 7. The highest BCUT2D eigenvalue weighted by atomic mass is 15.1. The first-order valence-corrected chi connectivity index (χ1v) is 6.01. The largest absolute Gasteiger partial charge is 0.330 e. The molecule has 0 saturated heterocycles. The van der Waals surface area contributed by atoms with Gasteiger partial charge < -0.3 is 10.6 Å². The molecule has 0 aliphatic heterocycles. The number of aromatic nitrogens is 1. The number of pyridine rings is 1. The third kappa shape index (κ3) is 5.24. The number of nitrogens with zero attached hydrogens (tertiary/aromatic N) is 2. The van der Waals surface area contributed by atoms with Crippen molar-refractivity contribution in [3.8, 4) is 0 Å². The van der Waals surface area contributed by atoms with E-state index in [1.54, 1.807) is 0 Å². The van der Waals surface area contributed by atoms with E-state index in [0.717, 1.165) is 26.1 Å². The Morgan fingerprint density at radius 1 is 1.38 bits per heavy atom. The van der Waals surface area contributed by atoms with Crippen molar-refractivity contribution < 1.29 is 0 Å². The zero-order valence-corrected chi connectivity index (χ0v) is 10.4. The van der Waals surface area contributed by atoms with Gasteiger partial charge in [0.25, 0.3) is 0 Å². The van der Waals surface area contributed by atoms with Crippen molar-refractivity contribution in [3.63, 3.8) is 0 Å². The van der Waals surface area contributed by atoms with Gasteiger partial charge in [-0.05, 0) is 44.6 Å². The minimum Gasteiger partial charge on any atom is -0.330 e. The van der Waals surface area contributed by atoms with Crippen LogP contribution in [0.15, 0.2) is 24.4 Å². The first-order chi connectivity index (χ1) is 7.72. The van der Waals surface area contributed by atoms with Crippen LogP contribution >= 0.6 is 0 Å². The van der Waals surface area contributed by atoms with Gasteiger partial charge in [0.1, 0.15) is 0 Å². The van der Waals surface area contributed by atoms with Gasteiger partial charge in [0.15, 0.2) is 0 Å². The molecule has 2 N–H and O–H groups in total. The average molecular weight is 221 g/mol. The molecule has 0 fully saturated rings. The van der Waals surface area contributed by atoms with Gasteiger partial charge in [0.2, 0.25) is 0 Å². The molecule has 0 bridgehead atoms. The lowest BCUT2D eigenvalue weighted by Gasteiger charge is -2.18. The maximum atomic E-state index is 5.59. The summed E-state index contributed by atoms with van der Waals surface area (Å²) in [5.41, 5.74) is 6.76. The van der Waals surface area contributed by atoms with Crippen molar-refractivity contribution in [1.82, 2.24) is 9.88 Å². The van der Waals surface area contributed by atoms with Crippen molar-refractivity contribution in [3.05, 3.63) is 30.1 Å². The monoisotopic (exact) mass is 221 g/mol. The quantitative estimate of drug-likeness (QED) is 0.759. The van der Waals surface area contributed by atoms with Gasteiger partial charge in [-0.1, -0.05) is 13.0 Å². The van der Waals surface area contributed by atoms with Crippen LogP contribution < -0.4 is 5.73 Å². The summed E-state index contributed by atoms with van der Waals surface area (Å²) in [6.45, 7) is 5.17. The molecule has 0 radical (unpaired) electrons. The molecule has 90 valence electrons. The van der Waals surface area contributed by atoms with Crippen LogP contribution in [0.5, 0.6) is 0 Å². The van der Waals surface area contributed by atoms with Gasteiger partial charge in [-0.15, -0.1) is 0 Å². The Balaban J connectivity index is 2.18. The molecule has 1 unspecified atom stereocenters. The average Bonchev–Trinajstić information content (AvgIpc) is 2.34. The van der Waals surface area contributed by atoms with E-state index in [4.69, 9.17) is 5.73 Å². The molecular weight excluding hydrogens is 198 g/mol. The van der Waals surface area contributed by atoms with Crippen molar-refractivity contribution in [1.29, 1.82) is 0 Å². The second-order valence-corrected chi connectivity index (χ2v) is 4.50. The molecule has 1 rings (SSSR count). The molecule has 1 heterocycles. The summed E-state index contributed by atoms with van der Waals surface area (Å²) < 4.78 is 0. The van der Waals surface area contributed by atoms with E-state index >= 15 is 0 Å². The van der Waals surface area contributed by atoms with E-state index in [2.05, 4.69) is 29.9 Å². The van der Waals surface area contributed by atoms with Gasteiger partial charge >= 0.3 is 0 Å². The standard InChI is InChI=1S/C13H23N3/c1-12(11-14)6-9-16(2)10-7-13-5-3-4-8-15-13/h3-5,8,12H,6-7,9-11,14H2,1-2H3. The molecule has 1 aromatic heterocycles. The third-order valence-corrected chi connectivity index (χ3v) is 2.88. The Morgan fingerprint density at radius 3 is 2.81 bits per heavy atom. The maximum Gasteiger partial charge on any atom is 0.0416 e. The smallest absolute Gasteiger partial charge is 0.0416 e. The van der Waals surface area contributed by atoms with Crippen LogP contribution in [0.2, 0.25) is 0 Å². The van der Waals surface area contributed by atoms with Crippen LogP contribution in [0.4, 0.5) is 0 Å². The highest BCUT2D eigenvalue weighted by Crippen LogP contribution is 2.02. The molecule has 1 aromatic rings. The molecule has 0 aliphatic rings. The minimum absolute atomic E-state index is 0.623. The summed E-state index contributed by atoms with van der Waals surface area (Å²) in [5, 5.41) is 0. The normalized spacial score (nSPS) is 13.0.